The van der Waals surface area contributed by atoms with Crippen molar-refractivity contribution < 1.29 is 205 Å². The second-order valence-corrected chi connectivity index (χ2v) is 0. The van der Waals surface area contributed by atoms with Gasteiger partial charge >= 0.3 is 138 Å². The fraction of sp³-hybridized carbons (Fsp3) is 0. The fourth-order valence-electron chi connectivity index (χ4n) is 0. The summed E-state index contributed by atoms with van der Waals surface area (Å²) >= 11 is 0. The van der Waals surface area contributed by atoms with Crippen LogP contribution in [0.5, 0.6) is 0 Å². The van der Waals surface area contributed by atoms with E-state index in [0.717, 1.165) is 0 Å². The van der Waals surface area contributed by atoms with Gasteiger partial charge in [-0.25, -0.2) is 0 Å². The van der Waals surface area contributed by atoms with Gasteiger partial charge in [0.2, 0.25) is 0 Å². The molecule has 0 heterocycles. The van der Waals surface area contributed by atoms with Gasteiger partial charge in [0.1, 0.15) is 0 Å². The summed E-state index contributed by atoms with van der Waals surface area (Å²) in [6, 6.07) is 0. The Hall–Kier alpha value is 5.07. The summed E-state index contributed by atoms with van der Waals surface area (Å²) in [6.45, 7) is 0. The van der Waals surface area contributed by atoms with E-state index in [0.29, 0.717) is 0 Å². The van der Waals surface area contributed by atoms with E-state index in [1.807, 2.05) is 0 Å². The normalized spacial score (nSPS) is 0. The molecule has 9 heavy (non-hydrogen) atoms. The molecule has 0 aliphatic rings. The maximum Gasteiger partial charge on any atom is 1.00 e. The van der Waals surface area contributed by atoms with E-state index in [1.165, 1.54) is 0 Å². The summed E-state index contributed by atoms with van der Waals surface area (Å²) in [5.74, 6) is 0. The molecule has 0 aromatic rings. The molecule has 0 saturated heterocycles. The zero-order valence-corrected chi connectivity index (χ0v) is 20.3. The standard InChI is InChI=1S/2Cs.5O.2V.2H/q2*+1;5*-2;;;2*-1. The van der Waals surface area contributed by atoms with Crippen LogP contribution in [0.25, 0.3) is 0 Å². The van der Waals surface area contributed by atoms with Crippen molar-refractivity contribution in [2.75, 3.05) is 0 Å². The molecule has 0 aliphatic carbocycles. The van der Waals surface area contributed by atoms with E-state index in [9.17, 15) is 0 Å². The summed E-state index contributed by atoms with van der Waals surface area (Å²) < 4.78 is 0. The van der Waals surface area contributed by atoms with Gasteiger partial charge in [-0.1, -0.05) is 0 Å². The van der Waals surface area contributed by atoms with Crippen LogP contribution in [0.4, 0.5) is 0 Å². The molecule has 54 valence electrons. The minimum Gasteiger partial charge on any atom is -2.00 e. The van der Waals surface area contributed by atoms with Crippen LogP contribution in [0.1, 0.15) is 2.85 Å². The van der Waals surface area contributed by atoms with Gasteiger partial charge < -0.3 is 30.2 Å². The summed E-state index contributed by atoms with van der Waals surface area (Å²) in [4.78, 5) is 0. The van der Waals surface area contributed by atoms with Crippen LogP contribution in [0.3, 0.4) is 0 Å². The van der Waals surface area contributed by atoms with Gasteiger partial charge in [0.05, 0.1) is 0 Å². The Morgan fingerprint density at radius 3 is 0.444 bits per heavy atom. The van der Waals surface area contributed by atoms with E-state index >= 15 is 0 Å². The van der Waals surface area contributed by atoms with Crippen molar-refractivity contribution in [3.63, 3.8) is 0 Å². The van der Waals surface area contributed by atoms with Gasteiger partial charge in [0.15, 0.2) is 0 Å². The van der Waals surface area contributed by atoms with E-state index in [4.69, 9.17) is 0 Å². The first-order valence-electron chi connectivity index (χ1n) is 0. The predicted octanol–water partition coefficient (Wildman–Crippen LogP) is -6.37. The second kappa shape index (κ2) is 74.0. The maximum atomic E-state index is 0. The van der Waals surface area contributed by atoms with Gasteiger partial charge in [-0.3, -0.25) is 0 Å². The molecule has 9 heteroatoms. The monoisotopic (exact) mass is 450 g/mol. The number of rotatable bonds is 0. The molecule has 0 aromatic carbocycles. The Balaban J connectivity index is 0. The molecule has 0 atom stereocenters. The van der Waals surface area contributed by atoms with Gasteiger partial charge in [-0.05, 0) is 0 Å². The predicted molar refractivity (Wildman–Crippen MR) is 5.66 cm³/mol. The van der Waals surface area contributed by atoms with Crippen LogP contribution in [0.2, 0.25) is 0 Å². The molecule has 0 N–H and O–H groups in total. The van der Waals surface area contributed by atoms with Crippen LogP contribution >= 0.6 is 0 Å². The van der Waals surface area contributed by atoms with Crippen molar-refractivity contribution >= 4 is 0 Å². The van der Waals surface area contributed by atoms with Crippen molar-refractivity contribution in [3.8, 4) is 0 Å². The van der Waals surface area contributed by atoms with E-state index in [2.05, 4.69) is 0 Å². The van der Waals surface area contributed by atoms with Crippen molar-refractivity contribution in [2.24, 2.45) is 0 Å². The molecule has 0 unspecified atom stereocenters. The first kappa shape index (κ1) is 93.5. The van der Waals surface area contributed by atoms with Gasteiger partial charge in [0.25, 0.3) is 0 Å². The molecule has 0 aromatic heterocycles. The van der Waals surface area contributed by atoms with Crippen LogP contribution in [0.15, 0.2) is 0 Å². The summed E-state index contributed by atoms with van der Waals surface area (Å²) in [5.41, 5.74) is 0. The third-order valence-electron chi connectivity index (χ3n) is 0. The quantitative estimate of drug-likeness (QED) is 0.347. The third kappa shape index (κ3) is 62.3. The van der Waals surface area contributed by atoms with E-state index in [1.54, 1.807) is 0 Å². The Morgan fingerprint density at radius 1 is 0.444 bits per heavy atom. The first-order valence-corrected chi connectivity index (χ1v) is 0. The minimum atomic E-state index is 0. The van der Waals surface area contributed by atoms with Crippen LogP contribution < -0.4 is 138 Å². The van der Waals surface area contributed by atoms with Gasteiger partial charge in [-0.2, -0.15) is 0 Å². The molecule has 5 nitrogen and oxygen atoms in total. The molecule has 2 radical (unpaired) electrons. The fourth-order valence-corrected chi connectivity index (χ4v) is 0. The molecule has 0 aliphatic heterocycles. The Kier molecular flexibility index (Phi) is 769. The molecule has 0 amide bonds. The summed E-state index contributed by atoms with van der Waals surface area (Å²) in [7, 11) is 0. The summed E-state index contributed by atoms with van der Waals surface area (Å²) in [5, 5.41) is 0. The average molecular weight is 450 g/mol. The average Bonchev–Trinajstić information content (AvgIpc) is 0. The summed E-state index contributed by atoms with van der Waals surface area (Å²) in [6.07, 6.45) is 0. The topological polar surface area (TPSA) is 142 Å². The number of hydrogen-bond donors (Lipinski definition) is 0. The zero-order chi connectivity index (χ0) is 0. The molecule has 0 saturated carbocycles. The van der Waals surface area contributed by atoms with Crippen LogP contribution in [0, 0.1) is 0 Å². The van der Waals surface area contributed by atoms with Crippen molar-refractivity contribution in [1.82, 2.24) is 0 Å². The third-order valence-corrected chi connectivity index (χ3v) is 0. The second-order valence-electron chi connectivity index (χ2n) is 0. The van der Waals surface area contributed by atoms with Gasteiger partial charge in [-0.15, -0.1) is 0 Å². The molecule has 0 fully saturated rings. The molecular weight excluding hydrogens is 448 g/mol. The molecule has 0 rings (SSSR count). The Labute approximate surface area is 198 Å². The zero-order valence-electron chi connectivity index (χ0n) is 6.94. The minimum absolute atomic E-state index is 0. The van der Waals surface area contributed by atoms with E-state index in [-0.39, 0.29) is 205 Å². The molecule has 0 bridgehead atoms. The van der Waals surface area contributed by atoms with Crippen molar-refractivity contribution in [1.29, 1.82) is 0 Å². The largest absolute Gasteiger partial charge is 2.00 e. The van der Waals surface area contributed by atoms with Crippen LogP contribution in [-0.2, 0) is 64.5 Å². The van der Waals surface area contributed by atoms with Gasteiger partial charge in [0, 0.05) is 37.1 Å². The smallest absolute Gasteiger partial charge is 1.00 e. The first-order chi connectivity index (χ1) is 0. The molecular formula is H2Cs2O5V2-10. The van der Waals surface area contributed by atoms with Crippen LogP contribution in [-0.4, -0.2) is 0 Å². The van der Waals surface area contributed by atoms with Crippen molar-refractivity contribution in [3.05, 3.63) is 0 Å². The Morgan fingerprint density at radius 2 is 0.444 bits per heavy atom. The molecule has 0 spiro atoms. The number of hydrogen-bond acceptors (Lipinski definition) is 0. The Bertz CT molecular complexity index is 20.4. The maximum absolute atomic E-state index is 0. The van der Waals surface area contributed by atoms with E-state index < -0.39 is 0 Å². The van der Waals surface area contributed by atoms with Crippen molar-refractivity contribution in [2.45, 2.75) is 0 Å². The SMILES string of the molecule is [Cs+].[Cs+].[H-].[H-].[O-2].[O-2].[O-2].[O-2].[O-2].[V].[V].